The molecule has 2 heterocycles. The Labute approximate surface area is 116 Å². The van der Waals surface area contributed by atoms with E-state index in [1.807, 2.05) is 6.92 Å². The van der Waals surface area contributed by atoms with Crippen LogP contribution in [0.4, 0.5) is 0 Å². The summed E-state index contributed by atoms with van der Waals surface area (Å²) >= 11 is 0. The van der Waals surface area contributed by atoms with Gasteiger partial charge in [-0.2, -0.15) is 4.98 Å². The Balaban J connectivity index is 1.66. The van der Waals surface area contributed by atoms with Gasteiger partial charge in [0.1, 0.15) is 11.5 Å². The lowest BCUT2D eigenvalue weighted by Gasteiger charge is -2.24. The smallest absolute Gasteiger partial charge is 0.231 e. The number of nitrogens with zero attached hydrogens (tertiary/aromatic N) is 4. The Morgan fingerprint density at radius 2 is 2.10 bits per heavy atom. The molecule has 0 radical (unpaired) electrons. The molecule has 2 aliphatic rings. The second-order valence-electron chi connectivity index (χ2n) is 5.88. The van der Waals surface area contributed by atoms with Gasteiger partial charge >= 0.3 is 0 Å². The Kier molecular flexibility index (Phi) is 2.60. The van der Waals surface area contributed by atoms with Crippen molar-refractivity contribution in [3.63, 3.8) is 0 Å². The third-order valence-corrected chi connectivity index (χ3v) is 4.71. The molecule has 2 aliphatic carbocycles. The van der Waals surface area contributed by atoms with E-state index in [1.54, 1.807) is 12.3 Å². The van der Waals surface area contributed by atoms with Gasteiger partial charge in [-0.1, -0.05) is 5.16 Å². The molecule has 2 aromatic heterocycles. The topological polar surface area (TPSA) is 90.7 Å². The number of fused-ring (bicyclic) bond motifs is 2. The zero-order chi connectivity index (χ0) is 13.7. The highest BCUT2D eigenvalue weighted by molar-refractivity contribution is 5.47. The number of hydrogen-bond acceptors (Lipinski definition) is 6. The van der Waals surface area contributed by atoms with Gasteiger partial charge in [-0.05, 0) is 44.1 Å². The first kappa shape index (κ1) is 12.0. The third-order valence-electron chi connectivity index (χ3n) is 4.71. The molecule has 0 saturated heterocycles. The summed E-state index contributed by atoms with van der Waals surface area (Å²) in [5, 5.41) is 4.06. The van der Waals surface area contributed by atoms with E-state index in [2.05, 4.69) is 20.1 Å². The summed E-state index contributed by atoms with van der Waals surface area (Å²) in [6.07, 6.45) is 5.38. The van der Waals surface area contributed by atoms with Crippen LogP contribution in [-0.2, 0) is 0 Å². The van der Waals surface area contributed by atoms with Crippen LogP contribution in [0.3, 0.4) is 0 Å². The number of rotatable bonds is 2. The molecule has 2 saturated carbocycles. The predicted octanol–water partition coefficient (Wildman–Crippen LogP) is 1.68. The molecule has 4 unspecified atom stereocenters. The minimum atomic E-state index is 0.161. The number of aromatic nitrogens is 4. The van der Waals surface area contributed by atoms with Crippen molar-refractivity contribution >= 4 is 0 Å². The van der Waals surface area contributed by atoms with Crippen molar-refractivity contribution in [1.82, 2.24) is 20.1 Å². The van der Waals surface area contributed by atoms with Crippen LogP contribution < -0.4 is 5.73 Å². The maximum atomic E-state index is 6.31. The molecule has 0 aliphatic heterocycles. The summed E-state index contributed by atoms with van der Waals surface area (Å²) in [6.45, 7) is 1.84. The molecule has 2 bridgehead atoms. The molecule has 4 rings (SSSR count). The van der Waals surface area contributed by atoms with Crippen molar-refractivity contribution in [2.75, 3.05) is 0 Å². The largest absolute Gasteiger partial charge is 0.339 e. The van der Waals surface area contributed by atoms with Crippen LogP contribution in [0.5, 0.6) is 0 Å². The molecule has 2 N–H and O–H groups in total. The Bertz CT molecular complexity index is 638. The van der Waals surface area contributed by atoms with E-state index in [0.717, 1.165) is 0 Å². The molecule has 6 nitrogen and oxygen atoms in total. The molecule has 104 valence electrons. The van der Waals surface area contributed by atoms with E-state index < -0.39 is 0 Å². The summed E-state index contributed by atoms with van der Waals surface area (Å²) in [4.78, 5) is 12.9. The average Bonchev–Trinajstić information content (AvgIpc) is 3.13. The average molecular weight is 271 g/mol. The molecular weight excluding hydrogens is 254 g/mol. The first-order valence-electron chi connectivity index (χ1n) is 7.11. The lowest BCUT2D eigenvalue weighted by Crippen LogP contribution is -2.34. The van der Waals surface area contributed by atoms with Gasteiger partial charge in [0.25, 0.3) is 0 Å². The summed E-state index contributed by atoms with van der Waals surface area (Å²) in [5.74, 6) is 3.36. The maximum Gasteiger partial charge on any atom is 0.231 e. The van der Waals surface area contributed by atoms with Gasteiger partial charge in [-0.3, -0.25) is 0 Å². The lowest BCUT2D eigenvalue weighted by atomic mass is 9.85. The zero-order valence-corrected chi connectivity index (χ0v) is 11.4. The van der Waals surface area contributed by atoms with Crippen LogP contribution in [0.25, 0.3) is 11.5 Å². The van der Waals surface area contributed by atoms with E-state index in [0.29, 0.717) is 35.1 Å². The highest BCUT2D eigenvalue weighted by Crippen LogP contribution is 2.51. The fourth-order valence-electron chi connectivity index (χ4n) is 3.76. The van der Waals surface area contributed by atoms with E-state index in [9.17, 15) is 0 Å². The van der Waals surface area contributed by atoms with Crippen molar-refractivity contribution in [2.45, 2.75) is 38.1 Å². The van der Waals surface area contributed by atoms with Crippen LogP contribution in [0.2, 0.25) is 0 Å². The summed E-state index contributed by atoms with van der Waals surface area (Å²) in [7, 11) is 0. The van der Waals surface area contributed by atoms with Crippen molar-refractivity contribution in [1.29, 1.82) is 0 Å². The first-order chi connectivity index (χ1) is 9.72. The maximum absolute atomic E-state index is 6.31. The fourth-order valence-corrected chi connectivity index (χ4v) is 3.76. The second-order valence-corrected chi connectivity index (χ2v) is 5.88. The Morgan fingerprint density at radius 3 is 2.85 bits per heavy atom. The minimum absolute atomic E-state index is 0.161. The molecule has 0 spiro atoms. The molecule has 0 aromatic carbocycles. The van der Waals surface area contributed by atoms with Gasteiger partial charge in [0.05, 0.1) is 5.92 Å². The summed E-state index contributed by atoms with van der Waals surface area (Å²) in [5.41, 5.74) is 7.01. The van der Waals surface area contributed by atoms with E-state index in [4.69, 9.17) is 10.3 Å². The van der Waals surface area contributed by atoms with E-state index >= 15 is 0 Å². The standard InChI is InChI=1S/C14H17N5O/c1-7-16-5-4-10(17-7)13-18-14(20-19-13)11-8-2-3-9(6-8)12(11)15/h4-5,8-9,11-12H,2-3,6,15H2,1H3. The van der Waals surface area contributed by atoms with E-state index in [1.165, 1.54) is 19.3 Å². The Hall–Kier alpha value is -1.82. The number of hydrogen-bond donors (Lipinski definition) is 1. The quantitative estimate of drug-likeness (QED) is 0.893. The molecule has 2 aromatic rings. The molecule has 2 fully saturated rings. The third kappa shape index (κ3) is 1.75. The van der Waals surface area contributed by atoms with Gasteiger partial charge in [0, 0.05) is 12.2 Å². The normalized spacial score (nSPS) is 31.9. The molecule has 20 heavy (non-hydrogen) atoms. The van der Waals surface area contributed by atoms with Crippen molar-refractivity contribution in [3.05, 3.63) is 24.0 Å². The molecular formula is C14H17N5O. The van der Waals surface area contributed by atoms with E-state index in [-0.39, 0.29) is 12.0 Å². The molecule has 0 amide bonds. The summed E-state index contributed by atoms with van der Waals surface area (Å²) < 4.78 is 5.46. The summed E-state index contributed by atoms with van der Waals surface area (Å²) in [6, 6.07) is 1.96. The predicted molar refractivity (Wildman–Crippen MR) is 71.6 cm³/mol. The van der Waals surface area contributed by atoms with Crippen LogP contribution >= 0.6 is 0 Å². The second kappa shape index (κ2) is 4.34. The Morgan fingerprint density at radius 1 is 1.25 bits per heavy atom. The van der Waals surface area contributed by atoms with Crippen molar-refractivity contribution in [3.8, 4) is 11.5 Å². The van der Waals surface area contributed by atoms with Gasteiger partial charge in [0.15, 0.2) is 0 Å². The lowest BCUT2D eigenvalue weighted by molar-refractivity contribution is 0.279. The fraction of sp³-hybridized carbons (Fsp3) is 0.571. The minimum Gasteiger partial charge on any atom is -0.339 e. The van der Waals surface area contributed by atoms with Crippen LogP contribution in [-0.4, -0.2) is 26.2 Å². The monoisotopic (exact) mass is 271 g/mol. The van der Waals surface area contributed by atoms with Gasteiger partial charge in [-0.15, -0.1) is 0 Å². The molecule has 6 heteroatoms. The van der Waals surface area contributed by atoms with Crippen LogP contribution in [0, 0.1) is 18.8 Å². The van der Waals surface area contributed by atoms with Gasteiger partial charge < -0.3 is 10.3 Å². The molecule has 4 atom stereocenters. The van der Waals surface area contributed by atoms with Gasteiger partial charge in [-0.25, -0.2) is 9.97 Å². The zero-order valence-electron chi connectivity index (χ0n) is 11.4. The van der Waals surface area contributed by atoms with Crippen LogP contribution in [0.1, 0.15) is 36.9 Å². The van der Waals surface area contributed by atoms with Crippen molar-refractivity contribution in [2.24, 2.45) is 17.6 Å². The SMILES string of the molecule is Cc1nccc(-c2noc(C3C4CCC(C4)C3N)n2)n1. The van der Waals surface area contributed by atoms with Crippen molar-refractivity contribution < 1.29 is 4.52 Å². The number of aryl methyl sites for hydroxylation is 1. The highest BCUT2D eigenvalue weighted by atomic mass is 16.5. The van der Waals surface area contributed by atoms with Gasteiger partial charge in [0.2, 0.25) is 11.7 Å². The highest BCUT2D eigenvalue weighted by Gasteiger charge is 2.48. The number of nitrogens with two attached hydrogens (primary N) is 1. The van der Waals surface area contributed by atoms with Crippen LogP contribution in [0.15, 0.2) is 16.8 Å². The first-order valence-corrected chi connectivity index (χ1v) is 7.11.